The van der Waals surface area contributed by atoms with Crippen LogP contribution in [0.5, 0.6) is 11.5 Å². The van der Waals surface area contributed by atoms with E-state index in [9.17, 15) is 15.3 Å². The van der Waals surface area contributed by atoms with Gasteiger partial charge in [0.15, 0.2) is 11.7 Å². The van der Waals surface area contributed by atoms with Crippen molar-refractivity contribution in [3.63, 3.8) is 0 Å². The molecule has 1 saturated carbocycles. The van der Waals surface area contributed by atoms with Gasteiger partial charge in [0.05, 0.1) is 5.39 Å². The zero-order chi connectivity index (χ0) is 18.2. The molecule has 7 nitrogen and oxygen atoms in total. The molecule has 7 rings (SSSR count). The molecule has 7 atom stereocenters. The Kier molecular flexibility index (Phi) is 2.27. The number of ether oxygens (including phenoxy) is 4. The van der Waals surface area contributed by atoms with Crippen LogP contribution in [-0.4, -0.2) is 62.8 Å². The van der Waals surface area contributed by atoms with E-state index in [0.29, 0.717) is 11.5 Å². The van der Waals surface area contributed by atoms with Gasteiger partial charge in [-0.05, 0) is 17.5 Å². The minimum absolute atomic E-state index is 0.593. The van der Waals surface area contributed by atoms with Crippen LogP contribution in [0.4, 0.5) is 0 Å². The minimum atomic E-state index is -1.51. The predicted molar refractivity (Wildman–Crippen MR) is 90.3 cm³/mol. The lowest BCUT2D eigenvalue weighted by atomic mass is 9.65. The number of benzene rings is 2. The highest BCUT2D eigenvalue weighted by Gasteiger charge is 2.98. The summed E-state index contributed by atoms with van der Waals surface area (Å²) in [4.78, 5) is 0. The molecule has 0 unspecified atom stereocenters. The summed E-state index contributed by atoms with van der Waals surface area (Å²) in [6.45, 7) is 0. The van der Waals surface area contributed by atoms with Crippen molar-refractivity contribution in [1.82, 2.24) is 0 Å². The molecule has 0 aromatic heterocycles. The fraction of sp³-hybridized carbons (Fsp3) is 0.400. The molecule has 1 spiro atoms. The lowest BCUT2D eigenvalue weighted by molar-refractivity contribution is -0.209. The first-order valence-corrected chi connectivity index (χ1v) is 9.03. The third-order valence-electron chi connectivity index (χ3n) is 6.72. The maximum atomic E-state index is 10.9. The molecule has 3 fully saturated rings. The molecule has 0 radical (unpaired) electrons. The zero-order valence-corrected chi connectivity index (χ0v) is 14.0. The number of aliphatic hydroxyl groups is 3. The van der Waals surface area contributed by atoms with E-state index in [1.807, 2.05) is 36.4 Å². The molecule has 3 aliphatic heterocycles. The maximum absolute atomic E-state index is 10.9. The molecule has 0 amide bonds. The van der Waals surface area contributed by atoms with Crippen molar-refractivity contribution in [2.75, 3.05) is 0 Å². The van der Waals surface area contributed by atoms with Gasteiger partial charge in [0.1, 0.15) is 35.9 Å². The Labute approximate surface area is 153 Å². The molecule has 3 N–H and O–H groups in total. The second kappa shape index (κ2) is 4.14. The summed E-state index contributed by atoms with van der Waals surface area (Å²) in [5.74, 6) is -0.324. The van der Waals surface area contributed by atoms with Crippen LogP contribution in [-0.2, 0) is 9.47 Å². The maximum Gasteiger partial charge on any atom is 0.315 e. The van der Waals surface area contributed by atoms with Gasteiger partial charge in [-0.25, -0.2) is 0 Å². The molecule has 2 saturated heterocycles. The first-order valence-electron chi connectivity index (χ1n) is 9.03. The van der Waals surface area contributed by atoms with Crippen LogP contribution in [0, 0.1) is 0 Å². The second-order valence-electron chi connectivity index (χ2n) is 7.85. The van der Waals surface area contributed by atoms with Crippen LogP contribution in [0.2, 0.25) is 0 Å². The summed E-state index contributed by atoms with van der Waals surface area (Å²) in [6.07, 6.45) is -1.67. The van der Waals surface area contributed by atoms with Crippen molar-refractivity contribution in [2.24, 2.45) is 0 Å². The highest BCUT2D eigenvalue weighted by Crippen LogP contribution is 2.72. The highest BCUT2D eigenvalue weighted by molar-refractivity contribution is 5.94. The summed E-state index contributed by atoms with van der Waals surface area (Å²) in [5.41, 5.74) is -2.90. The lowest BCUT2D eigenvalue weighted by Gasteiger charge is -2.47. The SMILES string of the molecule is O[C@@H]1C=C[C@H](O)[C@@]23O[C@@]12C1(Oc2cccc4cccc(c24)O1)[C@@H]1O[C@@H]1[C@@H]3O. The van der Waals surface area contributed by atoms with E-state index in [1.54, 1.807) is 0 Å². The molecule has 0 bridgehead atoms. The Bertz CT molecular complexity index is 1010. The predicted octanol–water partition coefficient (Wildman–Crippen LogP) is 0.249. The Morgan fingerprint density at radius 1 is 0.852 bits per heavy atom. The molecule has 7 heteroatoms. The average Bonchev–Trinajstić information content (AvgIpc) is 3.57. The van der Waals surface area contributed by atoms with Crippen LogP contribution in [0.25, 0.3) is 10.8 Å². The molecule has 2 aromatic rings. The number of rotatable bonds is 0. The quantitative estimate of drug-likeness (QED) is 0.452. The van der Waals surface area contributed by atoms with Crippen molar-refractivity contribution in [3.8, 4) is 11.5 Å². The molecule has 138 valence electrons. The highest BCUT2D eigenvalue weighted by atomic mass is 16.8. The van der Waals surface area contributed by atoms with E-state index in [2.05, 4.69) is 0 Å². The molecular weight excluding hydrogens is 352 g/mol. The first-order chi connectivity index (χ1) is 13.1. The third-order valence-corrected chi connectivity index (χ3v) is 6.72. The second-order valence-corrected chi connectivity index (χ2v) is 7.85. The van der Waals surface area contributed by atoms with Gasteiger partial charge in [-0.2, -0.15) is 0 Å². The number of fused-ring (bicyclic) bond motifs is 2. The van der Waals surface area contributed by atoms with E-state index < -0.39 is 47.5 Å². The van der Waals surface area contributed by atoms with Gasteiger partial charge in [-0.15, -0.1) is 0 Å². The molecular formula is C20H16O7. The van der Waals surface area contributed by atoms with Gasteiger partial charge in [0.2, 0.25) is 5.60 Å². The van der Waals surface area contributed by atoms with Gasteiger partial charge in [-0.3, -0.25) is 0 Å². The molecule has 5 aliphatic rings. The smallest absolute Gasteiger partial charge is 0.315 e. The molecule has 2 aromatic carbocycles. The Morgan fingerprint density at radius 3 is 2.22 bits per heavy atom. The van der Waals surface area contributed by atoms with Gasteiger partial charge >= 0.3 is 5.79 Å². The van der Waals surface area contributed by atoms with Crippen LogP contribution in [0.1, 0.15) is 0 Å². The fourth-order valence-corrected chi connectivity index (χ4v) is 5.49. The van der Waals surface area contributed by atoms with Crippen LogP contribution in [0.15, 0.2) is 48.6 Å². The Balaban J connectivity index is 1.49. The van der Waals surface area contributed by atoms with Crippen LogP contribution >= 0.6 is 0 Å². The van der Waals surface area contributed by atoms with Gasteiger partial charge < -0.3 is 34.3 Å². The lowest BCUT2D eigenvalue weighted by Crippen LogP contribution is -2.74. The summed E-state index contributed by atoms with van der Waals surface area (Å²) in [5, 5.41) is 34.1. The topological polar surface area (TPSA) is 104 Å². The Morgan fingerprint density at radius 2 is 1.52 bits per heavy atom. The van der Waals surface area contributed by atoms with Gasteiger partial charge in [0, 0.05) is 0 Å². The monoisotopic (exact) mass is 368 g/mol. The van der Waals surface area contributed by atoms with Crippen LogP contribution in [0.3, 0.4) is 0 Å². The van der Waals surface area contributed by atoms with Crippen molar-refractivity contribution in [1.29, 1.82) is 0 Å². The molecule has 2 aliphatic carbocycles. The van der Waals surface area contributed by atoms with Gasteiger partial charge in [0.25, 0.3) is 0 Å². The first kappa shape index (κ1) is 14.8. The normalized spacial score (nSPS) is 46.7. The summed E-state index contributed by atoms with van der Waals surface area (Å²) in [7, 11) is 0. The zero-order valence-electron chi connectivity index (χ0n) is 14.0. The van der Waals surface area contributed by atoms with Crippen molar-refractivity contribution >= 4 is 10.8 Å². The number of aliphatic hydroxyl groups excluding tert-OH is 3. The fourth-order valence-electron chi connectivity index (χ4n) is 5.49. The van der Waals surface area contributed by atoms with Crippen molar-refractivity contribution in [3.05, 3.63) is 48.6 Å². The molecule has 3 heterocycles. The van der Waals surface area contributed by atoms with Crippen LogP contribution < -0.4 is 9.47 Å². The number of epoxide rings is 2. The summed E-state index contributed by atoms with van der Waals surface area (Å²) in [6, 6.07) is 11.4. The van der Waals surface area contributed by atoms with E-state index in [-0.39, 0.29) is 0 Å². The molecule has 27 heavy (non-hydrogen) atoms. The van der Waals surface area contributed by atoms with E-state index >= 15 is 0 Å². The van der Waals surface area contributed by atoms with Gasteiger partial charge in [-0.1, -0.05) is 36.4 Å². The minimum Gasteiger partial charge on any atom is -0.446 e. The summed E-state index contributed by atoms with van der Waals surface area (Å²) >= 11 is 0. The number of hydrogen-bond donors (Lipinski definition) is 3. The van der Waals surface area contributed by atoms with E-state index in [1.165, 1.54) is 12.2 Å². The summed E-state index contributed by atoms with van der Waals surface area (Å²) < 4.78 is 24.5. The third kappa shape index (κ3) is 1.32. The van der Waals surface area contributed by atoms with Crippen molar-refractivity contribution < 1.29 is 34.3 Å². The Hall–Kier alpha value is -2.16. The van der Waals surface area contributed by atoms with E-state index in [4.69, 9.17) is 18.9 Å². The standard InChI is InChI=1S/C20H16O7/c21-12-7-8-13(22)19-18(12,27-19)16(23)15-17(24-15)20(19)25-10-5-1-3-9-4-2-6-11(26-20)14(9)10/h1-8,12-13,15-17,21-23H/t12-,13+,15+,16-,17+,18-,19-/m0/s1. The van der Waals surface area contributed by atoms with Crippen molar-refractivity contribution in [2.45, 2.75) is 47.5 Å². The number of hydrogen-bond acceptors (Lipinski definition) is 7. The van der Waals surface area contributed by atoms with E-state index in [0.717, 1.165) is 10.8 Å². The average molecular weight is 368 g/mol. The largest absolute Gasteiger partial charge is 0.446 e.